The van der Waals surface area contributed by atoms with Crippen molar-refractivity contribution in [2.45, 2.75) is 64.7 Å². The van der Waals surface area contributed by atoms with E-state index in [1.165, 1.54) is 32.1 Å². The van der Waals surface area contributed by atoms with E-state index in [9.17, 15) is 26.7 Å². The quantitative estimate of drug-likeness (QED) is 0.229. The maximum Gasteiger partial charge on any atom is 0.304 e. The first-order valence-electron chi connectivity index (χ1n) is 9.75. The molecule has 0 radical (unpaired) electrons. The van der Waals surface area contributed by atoms with E-state index in [1.807, 2.05) is 0 Å². The third-order valence-corrected chi connectivity index (χ3v) is 5.92. The molecule has 6 heteroatoms. The molecule has 1 nitrogen and oxygen atoms in total. The van der Waals surface area contributed by atoms with Crippen LogP contribution in [0.25, 0.3) is 0 Å². The lowest BCUT2D eigenvalue weighted by atomic mass is 9.73. The molecule has 156 valence electrons. The number of carbonyl (C=O) groups is 1. The van der Waals surface area contributed by atoms with Gasteiger partial charge in [0.2, 0.25) is 0 Å². The maximum absolute atomic E-state index is 12.6. The first-order valence-corrected chi connectivity index (χ1v) is 9.75. The zero-order valence-corrected chi connectivity index (χ0v) is 15.6. The normalized spacial score (nSPS) is 28.2. The van der Waals surface area contributed by atoms with Gasteiger partial charge in [-0.15, -0.1) is 0 Å². The highest BCUT2D eigenvalue weighted by molar-refractivity contribution is 5.70. The fraction of sp³-hybridized carbons (Fsp3) is 0.667. The van der Waals surface area contributed by atoms with Gasteiger partial charge in [0.25, 0.3) is 0 Å². The third kappa shape index (κ3) is 6.89. The van der Waals surface area contributed by atoms with Crippen molar-refractivity contribution in [3.05, 3.63) is 35.4 Å². The van der Waals surface area contributed by atoms with Crippen molar-refractivity contribution in [3.63, 3.8) is 0 Å². The van der Waals surface area contributed by atoms with Crippen molar-refractivity contribution in [1.82, 2.24) is 0 Å². The number of hydrogen-bond acceptors (Lipinski definition) is 1. The highest BCUT2D eigenvalue weighted by Gasteiger charge is 2.28. The van der Waals surface area contributed by atoms with Crippen molar-refractivity contribution >= 4 is 6.04 Å². The van der Waals surface area contributed by atoms with E-state index in [1.54, 1.807) is 0 Å². The van der Waals surface area contributed by atoms with Crippen LogP contribution in [-0.2, 0) is 4.79 Å². The molecule has 0 heterocycles. The molecule has 0 aliphatic heterocycles. The van der Waals surface area contributed by atoms with E-state index in [2.05, 4.69) is 6.92 Å². The molecule has 0 aromatic heterocycles. The summed E-state index contributed by atoms with van der Waals surface area (Å²) in [4.78, 5) is 10.7. The summed E-state index contributed by atoms with van der Waals surface area (Å²) in [6, 6.07) is -0.522. The molecule has 0 unspecified atom stereocenters. The summed E-state index contributed by atoms with van der Waals surface area (Å²) in [6.45, 7) is 2.36. The summed E-state index contributed by atoms with van der Waals surface area (Å²) in [7, 11) is 0. The molecule has 2 fully saturated rings. The predicted octanol–water partition coefficient (Wildman–Crippen LogP) is 7.24. The van der Waals surface area contributed by atoms with Crippen LogP contribution in [-0.4, -0.2) is 6.04 Å². The Hall–Kier alpha value is -1.46. The van der Waals surface area contributed by atoms with Crippen LogP contribution in [0.3, 0.4) is 0 Å². The van der Waals surface area contributed by atoms with E-state index in [4.69, 9.17) is 0 Å². The first kappa shape index (κ1) is 21.8. The lowest BCUT2D eigenvalue weighted by Gasteiger charge is -2.32. The van der Waals surface area contributed by atoms with Crippen LogP contribution in [0.2, 0.25) is 0 Å². The molecule has 0 bridgehead atoms. The Labute approximate surface area is 160 Å². The monoisotopic (exact) mass is 394 g/mol. The Bertz CT molecular complexity index is 604. The second-order valence-electron chi connectivity index (χ2n) is 8.07. The summed E-state index contributed by atoms with van der Waals surface area (Å²) >= 11 is 0. The van der Waals surface area contributed by atoms with Crippen molar-refractivity contribution in [1.29, 1.82) is 0 Å². The number of carbonyl (C=O) groups excluding carboxylic acids is 1. The van der Waals surface area contributed by atoms with Gasteiger partial charge in [0, 0.05) is 20.9 Å². The average Bonchev–Trinajstić information content (AvgIpc) is 2.62. The maximum atomic E-state index is 12.6. The van der Waals surface area contributed by atoms with Gasteiger partial charge in [-0.3, -0.25) is 4.79 Å². The van der Waals surface area contributed by atoms with E-state index in [0.717, 1.165) is 43.4 Å². The van der Waals surface area contributed by atoms with Gasteiger partial charge in [0.05, 0.1) is 0 Å². The smallest absolute Gasteiger partial charge is 0.261 e. The van der Waals surface area contributed by atoms with Gasteiger partial charge in [-0.05, 0) is 49.9 Å². The average molecular weight is 394 g/mol. The topological polar surface area (TPSA) is 17.1 Å². The van der Waals surface area contributed by atoms with Crippen LogP contribution in [0, 0.1) is 46.9 Å². The Morgan fingerprint density at radius 1 is 0.889 bits per heavy atom. The second kappa shape index (κ2) is 10.2. The van der Waals surface area contributed by atoms with Gasteiger partial charge in [-0.25, -0.2) is 17.6 Å². The van der Waals surface area contributed by atoms with Crippen molar-refractivity contribution in [2.24, 2.45) is 23.7 Å². The van der Waals surface area contributed by atoms with Crippen LogP contribution >= 0.6 is 0 Å². The Morgan fingerprint density at radius 2 is 1.33 bits per heavy atom. The molecule has 2 aliphatic carbocycles. The largest absolute Gasteiger partial charge is 0.304 e. The van der Waals surface area contributed by atoms with Crippen LogP contribution < -0.4 is 0 Å². The van der Waals surface area contributed by atoms with E-state index in [-0.39, 0.29) is 20.9 Å². The van der Waals surface area contributed by atoms with E-state index >= 15 is 0 Å². The zero-order chi connectivity index (χ0) is 20.0. The molecular weight excluding hydrogens is 363 g/mol. The number of hydrogen-bond donors (Lipinski definition) is 0. The van der Waals surface area contributed by atoms with Crippen molar-refractivity contribution in [2.75, 3.05) is 0 Å². The van der Waals surface area contributed by atoms with Crippen LogP contribution in [0.1, 0.15) is 67.6 Å². The lowest BCUT2D eigenvalue weighted by Crippen LogP contribution is -2.22. The molecule has 27 heavy (non-hydrogen) atoms. The molecule has 0 saturated heterocycles. The van der Waals surface area contributed by atoms with Crippen LogP contribution in [0.15, 0.2) is 12.1 Å². The predicted molar refractivity (Wildman–Crippen MR) is 97.8 cm³/mol. The summed E-state index contributed by atoms with van der Waals surface area (Å²) in [5.74, 6) is -3.48. The minimum atomic E-state index is -1.65. The lowest BCUT2D eigenvalue weighted by molar-refractivity contribution is -0.134. The molecule has 0 amide bonds. The van der Waals surface area contributed by atoms with Gasteiger partial charge >= 0.3 is 6.04 Å². The highest BCUT2D eigenvalue weighted by atomic mass is 19.2. The zero-order valence-electron chi connectivity index (χ0n) is 15.6. The van der Waals surface area contributed by atoms with Gasteiger partial charge in [-0.1, -0.05) is 32.6 Å². The van der Waals surface area contributed by atoms with Crippen molar-refractivity contribution in [3.8, 4) is 0 Å². The molecule has 1 aromatic carbocycles. The highest BCUT2D eigenvalue weighted by Crippen LogP contribution is 2.38. The summed E-state index contributed by atoms with van der Waals surface area (Å²) in [5.41, 5.74) is 0. The Balaban J connectivity index is 0.000000567. The summed E-state index contributed by atoms with van der Waals surface area (Å²) in [6.07, 6.45) is 10.6. The summed E-state index contributed by atoms with van der Waals surface area (Å²) < 4.78 is 60.5. The molecule has 0 spiro atoms. The van der Waals surface area contributed by atoms with Crippen LogP contribution in [0.5, 0.6) is 0 Å². The van der Waals surface area contributed by atoms with Gasteiger partial charge in [0.15, 0.2) is 17.5 Å². The second-order valence-corrected chi connectivity index (χ2v) is 8.07. The molecule has 2 aliphatic rings. The third-order valence-electron chi connectivity index (χ3n) is 5.92. The fourth-order valence-corrected chi connectivity index (χ4v) is 4.19. The molecular formula is C21H31F5O. The summed E-state index contributed by atoms with van der Waals surface area (Å²) in [5, 5.41) is 0. The van der Waals surface area contributed by atoms with Gasteiger partial charge < -0.3 is 0 Å². The minimum Gasteiger partial charge on any atom is -0.261 e. The first-order chi connectivity index (χ1) is 12.8. The van der Waals surface area contributed by atoms with Crippen LogP contribution in [0.4, 0.5) is 22.0 Å². The van der Waals surface area contributed by atoms with E-state index in [0.29, 0.717) is 0 Å². The molecule has 3 rings (SSSR count). The molecule has 0 N–H and O–H groups in total. The number of rotatable bonds is 3. The Kier molecular flexibility index (Phi) is 8.24. The van der Waals surface area contributed by atoms with Gasteiger partial charge in [0.1, 0.15) is 5.82 Å². The Morgan fingerprint density at radius 3 is 1.78 bits per heavy atom. The van der Waals surface area contributed by atoms with Crippen molar-refractivity contribution < 1.29 is 29.6 Å². The minimum absolute atomic E-state index is 0. The fourth-order valence-electron chi connectivity index (χ4n) is 4.19. The number of halogens is 5. The molecule has 1 aromatic rings. The van der Waals surface area contributed by atoms with E-state index < -0.39 is 29.3 Å². The standard InChI is InChI=1S/C15H25FO.C6H2F4.2H2/c1-11-2-4-12(5-3-11)10-13-6-8-14(9-7-13)15(16)17;7-3-1-4(8)6(10)5(9)2-3;;/h11-14H,2-10H2,1H3;1-2H;2*1H. The SMILES string of the molecule is CC1CCC(CC2CCC(C(=O)F)CC2)CC1.Fc1cc(F)c(F)c(F)c1.[HH].[HH]. The number of benzene rings is 1. The van der Waals surface area contributed by atoms with Gasteiger partial charge in [-0.2, -0.15) is 4.39 Å². The molecule has 2 saturated carbocycles. The molecule has 0 atom stereocenters.